The molecule has 2 aromatic heterocycles. The zero-order chi connectivity index (χ0) is 18.5. The molecule has 1 atom stereocenters. The Hall–Kier alpha value is -3.09. The van der Waals surface area contributed by atoms with E-state index in [1.807, 2.05) is 41.9 Å². The lowest BCUT2D eigenvalue weighted by Gasteiger charge is -2.24. The quantitative estimate of drug-likeness (QED) is 0.683. The lowest BCUT2D eigenvalue weighted by molar-refractivity contribution is 0.0739. The number of amides is 1. The van der Waals surface area contributed by atoms with Crippen molar-refractivity contribution < 1.29 is 4.79 Å². The minimum atomic E-state index is -0.141. The molecule has 0 bridgehead atoms. The van der Waals surface area contributed by atoms with Gasteiger partial charge in [0.05, 0.1) is 11.7 Å². The molecule has 1 aromatic carbocycles. The summed E-state index contributed by atoms with van der Waals surface area (Å²) in [5.41, 5.74) is 2.37. The van der Waals surface area contributed by atoms with Gasteiger partial charge in [0.25, 0.3) is 5.91 Å². The predicted molar refractivity (Wildman–Crippen MR) is 98.3 cm³/mol. The molecule has 134 valence electrons. The monoisotopic (exact) mass is 350 g/mol. The van der Waals surface area contributed by atoms with E-state index in [0.29, 0.717) is 5.56 Å². The smallest absolute Gasteiger partial charge is 0.254 e. The van der Waals surface area contributed by atoms with Crippen molar-refractivity contribution in [3.8, 4) is 11.4 Å². The third-order valence-corrected chi connectivity index (χ3v) is 4.38. The number of benzene rings is 1. The van der Waals surface area contributed by atoms with E-state index >= 15 is 0 Å². The Bertz CT molecular complexity index is 859. The summed E-state index contributed by atoms with van der Waals surface area (Å²) in [4.78, 5) is 26.9. The second kappa shape index (κ2) is 7.86. The van der Waals surface area contributed by atoms with Crippen molar-refractivity contribution in [3.05, 3.63) is 60.4 Å². The van der Waals surface area contributed by atoms with E-state index < -0.39 is 0 Å². The molecule has 0 saturated heterocycles. The molecule has 0 saturated carbocycles. The van der Waals surface area contributed by atoms with Gasteiger partial charge in [-0.05, 0) is 31.5 Å². The first-order valence-corrected chi connectivity index (χ1v) is 8.63. The van der Waals surface area contributed by atoms with Gasteiger partial charge >= 0.3 is 0 Å². The molecule has 7 heteroatoms. The van der Waals surface area contributed by atoms with Gasteiger partial charge in [0, 0.05) is 30.9 Å². The molecule has 3 rings (SSSR count). The maximum atomic E-state index is 12.8. The number of aryl methyl sites for hydroxylation is 1. The Balaban J connectivity index is 1.77. The SMILES string of the molecule is CCCn1ncnc1-c1ccc(C(=O)N(C)[C@@H](C)c2ccncn2)cc1. The Kier molecular flexibility index (Phi) is 5.36. The van der Waals surface area contributed by atoms with E-state index in [2.05, 4.69) is 27.0 Å². The molecule has 7 nitrogen and oxygen atoms in total. The fraction of sp³-hybridized carbons (Fsp3) is 0.316. The maximum absolute atomic E-state index is 12.8. The molecule has 0 aliphatic carbocycles. The zero-order valence-corrected chi connectivity index (χ0v) is 15.2. The third-order valence-electron chi connectivity index (χ3n) is 4.38. The molecule has 0 aliphatic heterocycles. The van der Waals surface area contributed by atoms with Gasteiger partial charge in [-0.3, -0.25) is 4.79 Å². The molecule has 0 N–H and O–H groups in total. The van der Waals surface area contributed by atoms with Crippen molar-refractivity contribution in [1.29, 1.82) is 0 Å². The number of aromatic nitrogens is 5. The molecular weight excluding hydrogens is 328 g/mol. The topological polar surface area (TPSA) is 76.8 Å². The van der Waals surface area contributed by atoms with Crippen LogP contribution >= 0.6 is 0 Å². The standard InChI is InChI=1S/C19H22N6O/c1-4-11-25-18(22-13-23-25)15-5-7-16(8-6-15)19(26)24(3)14(2)17-9-10-20-12-21-17/h5-10,12-14H,4,11H2,1-3H3/t14-/m0/s1. The van der Waals surface area contributed by atoms with Crippen molar-refractivity contribution in [2.75, 3.05) is 7.05 Å². The number of hydrogen-bond acceptors (Lipinski definition) is 5. The first-order valence-electron chi connectivity index (χ1n) is 8.63. The van der Waals surface area contributed by atoms with Crippen LogP contribution < -0.4 is 0 Å². The van der Waals surface area contributed by atoms with Crippen LogP contribution in [0.25, 0.3) is 11.4 Å². The maximum Gasteiger partial charge on any atom is 0.254 e. The Morgan fingerprint density at radius 3 is 2.58 bits per heavy atom. The van der Waals surface area contributed by atoms with Crippen LogP contribution in [0.3, 0.4) is 0 Å². The van der Waals surface area contributed by atoms with Crippen molar-refractivity contribution in [1.82, 2.24) is 29.6 Å². The number of carbonyl (C=O) groups is 1. The normalized spacial score (nSPS) is 12.0. The molecule has 0 spiro atoms. The number of carbonyl (C=O) groups excluding carboxylic acids is 1. The summed E-state index contributed by atoms with van der Waals surface area (Å²) in [5.74, 6) is 0.756. The van der Waals surface area contributed by atoms with Gasteiger partial charge in [-0.1, -0.05) is 19.1 Å². The zero-order valence-electron chi connectivity index (χ0n) is 15.2. The van der Waals surface area contributed by atoms with Crippen LogP contribution in [0.4, 0.5) is 0 Å². The molecule has 1 amide bonds. The highest BCUT2D eigenvalue weighted by atomic mass is 16.2. The van der Waals surface area contributed by atoms with Gasteiger partial charge in [0.1, 0.15) is 12.7 Å². The Morgan fingerprint density at radius 1 is 1.15 bits per heavy atom. The van der Waals surface area contributed by atoms with Crippen molar-refractivity contribution in [3.63, 3.8) is 0 Å². The van der Waals surface area contributed by atoms with Crippen LogP contribution in [0.15, 0.2) is 49.2 Å². The average Bonchev–Trinajstić information content (AvgIpc) is 3.15. The summed E-state index contributed by atoms with van der Waals surface area (Å²) in [7, 11) is 1.78. The van der Waals surface area contributed by atoms with Crippen LogP contribution in [0.1, 0.15) is 42.4 Å². The molecule has 0 unspecified atom stereocenters. The van der Waals surface area contributed by atoms with Crippen LogP contribution in [-0.2, 0) is 6.54 Å². The van der Waals surface area contributed by atoms with E-state index in [-0.39, 0.29) is 11.9 Å². The van der Waals surface area contributed by atoms with Crippen LogP contribution in [-0.4, -0.2) is 42.6 Å². The van der Waals surface area contributed by atoms with Crippen LogP contribution in [0.5, 0.6) is 0 Å². The van der Waals surface area contributed by atoms with Gasteiger partial charge < -0.3 is 4.90 Å². The minimum absolute atomic E-state index is 0.0577. The first-order chi connectivity index (χ1) is 12.6. The molecule has 3 aromatic rings. The summed E-state index contributed by atoms with van der Waals surface area (Å²) in [6.07, 6.45) is 5.71. The van der Waals surface area contributed by atoms with Crippen LogP contribution in [0, 0.1) is 0 Å². The summed E-state index contributed by atoms with van der Waals surface area (Å²) >= 11 is 0. The van der Waals surface area contributed by atoms with Crippen LogP contribution in [0.2, 0.25) is 0 Å². The van der Waals surface area contributed by atoms with E-state index in [1.165, 1.54) is 6.33 Å². The fourth-order valence-electron chi connectivity index (χ4n) is 2.75. The van der Waals surface area contributed by atoms with Gasteiger partial charge in [-0.2, -0.15) is 5.10 Å². The number of hydrogen-bond donors (Lipinski definition) is 0. The highest BCUT2D eigenvalue weighted by Gasteiger charge is 2.20. The van der Waals surface area contributed by atoms with E-state index in [9.17, 15) is 4.79 Å². The molecular formula is C19H22N6O. The molecule has 2 heterocycles. The average molecular weight is 350 g/mol. The fourth-order valence-corrected chi connectivity index (χ4v) is 2.75. The summed E-state index contributed by atoms with van der Waals surface area (Å²) in [6, 6.07) is 9.15. The minimum Gasteiger partial charge on any atom is -0.333 e. The predicted octanol–water partition coefficient (Wildman–Crippen LogP) is 2.98. The Labute approximate surface area is 152 Å². The van der Waals surface area contributed by atoms with Gasteiger partial charge in [-0.15, -0.1) is 0 Å². The second-order valence-corrected chi connectivity index (χ2v) is 6.11. The highest BCUT2D eigenvalue weighted by Crippen LogP contribution is 2.21. The third kappa shape index (κ3) is 3.61. The van der Waals surface area contributed by atoms with Crippen molar-refractivity contribution >= 4 is 5.91 Å². The first kappa shape index (κ1) is 17.7. The Morgan fingerprint density at radius 2 is 1.92 bits per heavy atom. The second-order valence-electron chi connectivity index (χ2n) is 6.11. The van der Waals surface area contributed by atoms with Crippen molar-refractivity contribution in [2.24, 2.45) is 0 Å². The van der Waals surface area contributed by atoms with E-state index in [4.69, 9.17) is 0 Å². The summed E-state index contributed by atoms with van der Waals surface area (Å²) < 4.78 is 1.88. The van der Waals surface area contributed by atoms with Gasteiger partial charge in [0.15, 0.2) is 5.82 Å². The molecule has 0 aliphatic rings. The van der Waals surface area contributed by atoms with Gasteiger partial charge in [0.2, 0.25) is 0 Å². The van der Waals surface area contributed by atoms with E-state index in [1.54, 1.807) is 24.5 Å². The molecule has 26 heavy (non-hydrogen) atoms. The lowest BCUT2D eigenvalue weighted by atomic mass is 10.1. The number of nitrogens with zero attached hydrogens (tertiary/aromatic N) is 6. The molecule has 0 radical (unpaired) electrons. The largest absolute Gasteiger partial charge is 0.333 e. The molecule has 0 fully saturated rings. The van der Waals surface area contributed by atoms with E-state index in [0.717, 1.165) is 30.0 Å². The number of rotatable bonds is 6. The van der Waals surface area contributed by atoms with Crippen molar-refractivity contribution in [2.45, 2.75) is 32.9 Å². The summed E-state index contributed by atoms with van der Waals surface area (Å²) in [6.45, 7) is 4.86. The summed E-state index contributed by atoms with van der Waals surface area (Å²) in [5, 5.41) is 4.24. The highest BCUT2D eigenvalue weighted by molar-refractivity contribution is 5.94. The van der Waals surface area contributed by atoms with Gasteiger partial charge in [-0.25, -0.2) is 19.6 Å². The lowest BCUT2D eigenvalue weighted by Crippen LogP contribution is -2.30.